The third-order valence-corrected chi connectivity index (χ3v) is 7.89. The first-order chi connectivity index (χ1) is 10.7. The van der Waals surface area contributed by atoms with Crippen molar-refractivity contribution < 1.29 is 13.3 Å². The summed E-state index contributed by atoms with van der Waals surface area (Å²) in [5.41, 5.74) is 0. The molecule has 0 aromatic carbocycles. The average Bonchev–Trinajstić information content (AvgIpc) is 2.56. The Labute approximate surface area is 153 Å². The van der Waals surface area contributed by atoms with Gasteiger partial charge in [0.05, 0.1) is 0 Å². The quantitative estimate of drug-likeness (QED) is 0.120. The van der Waals surface area contributed by atoms with E-state index in [9.17, 15) is 0 Å². The Balaban J connectivity index is 3.27. The summed E-state index contributed by atoms with van der Waals surface area (Å²) in [6, 6.07) is 0.938. The van der Waals surface area contributed by atoms with Gasteiger partial charge in [0.15, 0.2) is 0 Å². The first-order valence-corrected chi connectivity index (χ1v) is 12.4. The Morgan fingerprint density at radius 1 is 0.545 bits per heavy atom. The Hall–Kier alpha value is 0.827. The third-order valence-electron chi connectivity index (χ3n) is 4.30. The molecular weight excluding hydrogens is 407 g/mol. The van der Waals surface area contributed by atoms with Crippen molar-refractivity contribution in [1.82, 2.24) is 0 Å². The van der Waals surface area contributed by atoms with Gasteiger partial charge in [-0.15, -0.1) is 0 Å². The SMILES string of the molecule is CO[Si](CCCCCCCCCCCCCCI)(OC)OC. The molecule has 22 heavy (non-hydrogen) atoms. The van der Waals surface area contributed by atoms with E-state index in [0.717, 1.165) is 12.5 Å². The van der Waals surface area contributed by atoms with Crippen molar-refractivity contribution in [2.75, 3.05) is 25.8 Å². The number of unbranched alkanes of at least 4 members (excludes halogenated alkanes) is 11. The molecule has 0 bridgehead atoms. The van der Waals surface area contributed by atoms with Crippen LogP contribution in [0, 0.1) is 0 Å². The highest BCUT2D eigenvalue weighted by molar-refractivity contribution is 14.1. The van der Waals surface area contributed by atoms with Crippen LogP contribution in [0.4, 0.5) is 0 Å². The van der Waals surface area contributed by atoms with E-state index in [1.165, 1.54) is 75.1 Å². The summed E-state index contributed by atoms with van der Waals surface area (Å²) in [7, 11) is 2.77. The lowest BCUT2D eigenvalue weighted by molar-refractivity contribution is 0.122. The summed E-state index contributed by atoms with van der Waals surface area (Å²) < 4.78 is 17.6. The monoisotopic (exact) mass is 444 g/mol. The second kappa shape index (κ2) is 16.7. The van der Waals surface area contributed by atoms with Gasteiger partial charge in [-0.2, -0.15) is 0 Å². The van der Waals surface area contributed by atoms with Gasteiger partial charge in [-0.05, 0) is 17.3 Å². The van der Waals surface area contributed by atoms with Gasteiger partial charge < -0.3 is 13.3 Å². The van der Waals surface area contributed by atoms with Gasteiger partial charge in [-0.1, -0.05) is 86.8 Å². The van der Waals surface area contributed by atoms with Crippen LogP contribution in [0.1, 0.15) is 77.0 Å². The number of hydrogen-bond donors (Lipinski definition) is 0. The van der Waals surface area contributed by atoms with E-state index in [1.54, 1.807) is 21.3 Å². The number of rotatable bonds is 17. The minimum Gasteiger partial charge on any atom is -0.377 e. The minimum absolute atomic E-state index is 0.938. The van der Waals surface area contributed by atoms with Crippen LogP contribution in [0.5, 0.6) is 0 Å². The molecule has 0 saturated carbocycles. The topological polar surface area (TPSA) is 27.7 Å². The van der Waals surface area contributed by atoms with Crippen LogP contribution in [0.15, 0.2) is 0 Å². The molecule has 0 aliphatic rings. The molecule has 0 radical (unpaired) electrons. The molecule has 0 spiro atoms. The van der Waals surface area contributed by atoms with Crippen molar-refractivity contribution in [2.24, 2.45) is 0 Å². The molecule has 0 aromatic heterocycles. The normalized spacial score (nSPS) is 12.0. The second-order valence-electron chi connectivity index (χ2n) is 5.98. The average molecular weight is 444 g/mol. The molecule has 0 saturated heterocycles. The zero-order chi connectivity index (χ0) is 16.5. The second-order valence-corrected chi connectivity index (χ2v) is 10.1. The molecule has 0 aliphatic heterocycles. The summed E-state index contributed by atoms with van der Waals surface area (Å²) in [4.78, 5) is 0. The fourth-order valence-corrected chi connectivity index (χ4v) is 5.09. The molecule has 0 N–H and O–H groups in total. The number of hydrogen-bond acceptors (Lipinski definition) is 3. The predicted octanol–water partition coefficient (Wildman–Crippen LogP) is 5.98. The summed E-state index contributed by atoms with van der Waals surface area (Å²) in [5.74, 6) is 0. The van der Waals surface area contributed by atoms with Crippen molar-refractivity contribution in [3.63, 3.8) is 0 Å². The summed E-state index contributed by atoms with van der Waals surface area (Å²) >= 11 is 2.47. The number of halogens is 1. The van der Waals surface area contributed by atoms with E-state index in [1.807, 2.05) is 0 Å². The van der Waals surface area contributed by atoms with E-state index in [0.29, 0.717) is 0 Å². The van der Waals surface area contributed by atoms with Crippen molar-refractivity contribution >= 4 is 31.4 Å². The molecule has 0 aliphatic carbocycles. The van der Waals surface area contributed by atoms with Crippen LogP contribution in [0.3, 0.4) is 0 Å². The lowest BCUT2D eigenvalue weighted by atomic mass is 10.1. The highest BCUT2D eigenvalue weighted by Gasteiger charge is 2.36. The maximum Gasteiger partial charge on any atom is 0.500 e. The van der Waals surface area contributed by atoms with Crippen molar-refractivity contribution in [3.8, 4) is 0 Å². The molecule has 0 fully saturated rings. The van der Waals surface area contributed by atoms with Gasteiger partial charge in [0.1, 0.15) is 0 Å². The highest BCUT2D eigenvalue weighted by atomic mass is 127. The van der Waals surface area contributed by atoms with Crippen molar-refractivity contribution in [2.45, 2.75) is 83.1 Å². The zero-order valence-electron chi connectivity index (χ0n) is 15.0. The standard InChI is InChI=1S/C17H37IO3Si/c1-19-22(20-2,21-3)17-15-13-11-9-7-5-4-6-8-10-12-14-16-18/h4-17H2,1-3H3. The molecule has 0 rings (SSSR count). The van der Waals surface area contributed by atoms with E-state index >= 15 is 0 Å². The fraction of sp³-hybridized carbons (Fsp3) is 1.00. The minimum atomic E-state index is -2.32. The van der Waals surface area contributed by atoms with Crippen molar-refractivity contribution in [3.05, 3.63) is 0 Å². The molecule has 5 heteroatoms. The maximum atomic E-state index is 5.44. The molecule has 0 unspecified atom stereocenters. The molecule has 0 atom stereocenters. The maximum absolute atomic E-state index is 5.44. The van der Waals surface area contributed by atoms with Crippen LogP contribution in [-0.4, -0.2) is 34.6 Å². The first kappa shape index (κ1) is 22.8. The molecule has 0 amide bonds. The molecular formula is C17H37IO3Si. The lowest BCUT2D eigenvalue weighted by Crippen LogP contribution is -2.42. The van der Waals surface area contributed by atoms with Gasteiger partial charge in [0.25, 0.3) is 0 Å². The fourth-order valence-electron chi connectivity index (χ4n) is 2.76. The predicted molar refractivity (Wildman–Crippen MR) is 106 cm³/mol. The largest absolute Gasteiger partial charge is 0.500 e. The van der Waals surface area contributed by atoms with Crippen LogP contribution in [0.2, 0.25) is 6.04 Å². The van der Waals surface area contributed by atoms with E-state index in [2.05, 4.69) is 22.6 Å². The van der Waals surface area contributed by atoms with Crippen LogP contribution >= 0.6 is 22.6 Å². The highest BCUT2D eigenvalue weighted by Crippen LogP contribution is 2.18. The molecule has 0 heterocycles. The zero-order valence-corrected chi connectivity index (χ0v) is 18.2. The van der Waals surface area contributed by atoms with Crippen LogP contribution in [0.25, 0.3) is 0 Å². The summed E-state index contributed by atoms with van der Waals surface area (Å²) in [6.07, 6.45) is 16.5. The third kappa shape index (κ3) is 12.3. The van der Waals surface area contributed by atoms with Gasteiger partial charge in [-0.25, -0.2) is 0 Å². The number of alkyl halides is 1. The van der Waals surface area contributed by atoms with E-state index in [4.69, 9.17) is 13.3 Å². The summed E-state index contributed by atoms with van der Waals surface area (Å²) in [5, 5.41) is 0. The Bertz CT molecular complexity index is 218. The van der Waals surface area contributed by atoms with Gasteiger partial charge in [0.2, 0.25) is 0 Å². The summed E-state index contributed by atoms with van der Waals surface area (Å²) in [6.45, 7) is 0. The Kier molecular flexibility index (Phi) is 17.3. The Morgan fingerprint density at radius 3 is 1.18 bits per heavy atom. The lowest BCUT2D eigenvalue weighted by Gasteiger charge is -2.24. The van der Waals surface area contributed by atoms with Crippen LogP contribution in [-0.2, 0) is 13.3 Å². The van der Waals surface area contributed by atoms with Crippen molar-refractivity contribution in [1.29, 1.82) is 0 Å². The van der Waals surface area contributed by atoms with Crippen LogP contribution < -0.4 is 0 Å². The van der Waals surface area contributed by atoms with Gasteiger partial charge in [0, 0.05) is 27.4 Å². The first-order valence-electron chi connectivity index (χ1n) is 8.96. The smallest absolute Gasteiger partial charge is 0.377 e. The van der Waals surface area contributed by atoms with Gasteiger partial charge in [-0.3, -0.25) is 0 Å². The molecule has 3 nitrogen and oxygen atoms in total. The molecule has 134 valence electrons. The van der Waals surface area contributed by atoms with E-state index in [-0.39, 0.29) is 0 Å². The van der Waals surface area contributed by atoms with E-state index < -0.39 is 8.80 Å². The Morgan fingerprint density at radius 2 is 0.864 bits per heavy atom. The van der Waals surface area contributed by atoms with Gasteiger partial charge >= 0.3 is 8.80 Å². The molecule has 0 aromatic rings.